The van der Waals surface area contributed by atoms with E-state index in [1.807, 2.05) is 31.2 Å². The van der Waals surface area contributed by atoms with E-state index in [4.69, 9.17) is 41.7 Å². The molecule has 6 bridgehead atoms. The van der Waals surface area contributed by atoms with Crippen molar-refractivity contribution in [3.63, 3.8) is 0 Å². The molecule has 0 aromatic heterocycles. The van der Waals surface area contributed by atoms with Crippen molar-refractivity contribution < 1.29 is 61.2 Å². The van der Waals surface area contributed by atoms with E-state index in [-0.39, 0.29) is 69.5 Å². The Morgan fingerprint density at radius 1 is 0.682 bits per heavy atom. The zero-order valence-corrected chi connectivity index (χ0v) is 59.4. The second-order valence-corrected chi connectivity index (χ2v) is 45.3. The van der Waals surface area contributed by atoms with E-state index in [0.29, 0.717) is 75.7 Å². The first kappa shape index (κ1) is 71.5. The van der Waals surface area contributed by atoms with Crippen molar-refractivity contribution in [2.24, 2.45) is 23.7 Å². The molecular formula is C69H116O13Si3. The molecule has 0 spiro atoms. The lowest BCUT2D eigenvalue weighted by atomic mass is 9.79. The molecule has 6 aliphatic heterocycles. The van der Waals surface area contributed by atoms with Crippen LogP contribution in [-0.2, 0) is 51.3 Å². The Hall–Kier alpha value is -2.62. The second kappa shape index (κ2) is 29.1. The van der Waals surface area contributed by atoms with Crippen LogP contribution in [0.5, 0.6) is 0 Å². The summed E-state index contributed by atoms with van der Waals surface area (Å²) in [5, 5.41) is 11.1. The Morgan fingerprint density at radius 3 is 1.85 bits per heavy atom. The molecule has 1 N–H and O–H groups in total. The van der Waals surface area contributed by atoms with Gasteiger partial charge in [0.2, 0.25) is 0 Å². The normalized spacial score (nSPS) is 34.4. The van der Waals surface area contributed by atoms with E-state index >= 15 is 0 Å². The SMILES string of the molecule is C=C1CC2CCC(OC(=O)c3ccccc3)C=C[C@H](O[Si](C)(C)C(C)(C)C)[C@@H]3O[C@H]4CC[C@H](CC(=O)C[C@@H]5[C@@H](C)[C@@H](C[C@H](C)CC)O[C@H]5C[C@@H](OC(C)=O)C(=C)[C@H](C)C[C@H](O)CC[C@@H]1O2)O[C@@H]4[C@H](O[Si](C)(C)C(C)(C)C)[C@@H]3O[Si](C)(C)C(C)(C)C. The average molecular weight is 1240 g/mol. The Labute approximate surface area is 517 Å². The standard InChI is InChI=1S/C69H116O13Si3/c1-23-43(2)37-59-47(6)55-41-51(72)40-54-33-35-57-62(76-54)64(81-84(19,20)68(11,12)13)65(82-85(21,22)69(14,15)16)63(79-57)58(80-83(17,18)67(8,9)10)36-32-52(77-66(73)49-27-25-24-26-28-49)30-31-53-39-45(4)56(75-53)34-29-50(71)38-44(3)46(5)60(74-48(7)70)42-61(55)78-59/h24-28,32,36,43-44,47,50,52-65,71H,4-5,23,29-31,33-35,37-42H2,1-3,6-22H3/t43-,44-,47-,50-,52?,53?,54-,55-,56+,57+,58+,59-,60-,61+,62+,63+,64+,65-/m1/s1. The number of carbonyl (C=O) groups is 3. The number of esters is 2. The quantitative estimate of drug-likeness (QED) is 0.120. The van der Waals surface area contributed by atoms with Crippen LogP contribution in [0.4, 0.5) is 0 Å². The summed E-state index contributed by atoms with van der Waals surface area (Å²) < 4.78 is 64.5. The highest BCUT2D eigenvalue weighted by atomic mass is 28.4. The third kappa shape index (κ3) is 18.7. The zero-order chi connectivity index (χ0) is 63.4. The Balaban J connectivity index is 1.49. The van der Waals surface area contributed by atoms with E-state index < -0.39 is 97.9 Å². The number of fused-ring (bicyclic) bond motifs is 15. The second-order valence-electron chi connectivity index (χ2n) is 31.1. The van der Waals surface area contributed by atoms with Crippen LogP contribution in [-0.4, -0.2) is 133 Å². The molecule has 1 aromatic rings. The molecule has 85 heavy (non-hydrogen) atoms. The molecule has 0 radical (unpaired) electrons. The van der Waals surface area contributed by atoms with E-state index in [1.54, 1.807) is 12.1 Å². The number of hydrogen-bond donors (Lipinski definition) is 1. The van der Waals surface area contributed by atoms with Crippen LogP contribution in [0.2, 0.25) is 54.4 Å². The van der Waals surface area contributed by atoms with Crippen molar-refractivity contribution in [3.8, 4) is 0 Å². The summed E-state index contributed by atoms with van der Waals surface area (Å²) in [6, 6.07) is 9.10. The van der Waals surface area contributed by atoms with E-state index in [2.05, 4.69) is 142 Å². The fourth-order valence-corrected chi connectivity index (χ4v) is 16.2. The summed E-state index contributed by atoms with van der Waals surface area (Å²) >= 11 is 0. The minimum atomic E-state index is -2.65. The molecule has 0 saturated carbocycles. The zero-order valence-electron chi connectivity index (χ0n) is 56.4. The smallest absolute Gasteiger partial charge is 0.338 e. The summed E-state index contributed by atoms with van der Waals surface area (Å²) in [5.41, 5.74) is 2.15. The average Bonchev–Trinajstić information content (AvgIpc) is 2.02. The van der Waals surface area contributed by atoms with Crippen molar-refractivity contribution in [3.05, 3.63) is 72.4 Å². The summed E-state index contributed by atoms with van der Waals surface area (Å²) in [6.07, 6.45) is 4.43. The van der Waals surface area contributed by atoms with Crippen LogP contribution in [0.1, 0.15) is 191 Å². The summed E-state index contributed by atoms with van der Waals surface area (Å²) in [5.74, 6) is -0.578. The van der Waals surface area contributed by atoms with Gasteiger partial charge in [-0.3, -0.25) is 9.59 Å². The minimum absolute atomic E-state index is 0.0682. The van der Waals surface area contributed by atoms with Crippen molar-refractivity contribution in [2.75, 3.05) is 0 Å². The lowest BCUT2D eigenvalue weighted by molar-refractivity contribution is -0.266. The molecule has 18 atom stereocenters. The van der Waals surface area contributed by atoms with E-state index in [9.17, 15) is 19.5 Å². The molecule has 4 saturated heterocycles. The first-order valence-electron chi connectivity index (χ1n) is 32.6. The molecule has 6 heterocycles. The highest BCUT2D eigenvalue weighted by Crippen LogP contribution is 2.49. The fraction of sp³-hybridized carbons (Fsp3) is 0.783. The number of rotatable bonds is 12. The van der Waals surface area contributed by atoms with Crippen LogP contribution < -0.4 is 0 Å². The van der Waals surface area contributed by atoms with E-state index in [1.165, 1.54) is 6.92 Å². The van der Waals surface area contributed by atoms with Gasteiger partial charge in [-0.05, 0) is 165 Å². The third-order valence-corrected chi connectivity index (χ3v) is 34.6. The monoisotopic (exact) mass is 1240 g/mol. The van der Waals surface area contributed by atoms with Gasteiger partial charge < -0.3 is 46.8 Å². The number of aliphatic hydroxyl groups is 1. The van der Waals surface area contributed by atoms with Gasteiger partial charge in [-0.15, -0.1) is 0 Å². The van der Waals surface area contributed by atoms with Crippen molar-refractivity contribution in [1.29, 1.82) is 0 Å². The molecule has 13 nitrogen and oxygen atoms in total. The number of aliphatic hydroxyl groups excluding tert-OH is 1. The molecule has 0 aliphatic carbocycles. The molecule has 0 amide bonds. The van der Waals surface area contributed by atoms with Crippen LogP contribution in [0.15, 0.2) is 66.8 Å². The first-order valence-corrected chi connectivity index (χ1v) is 41.4. The van der Waals surface area contributed by atoms with Gasteiger partial charge in [0.25, 0.3) is 0 Å². The number of hydrogen-bond acceptors (Lipinski definition) is 13. The van der Waals surface area contributed by atoms with Gasteiger partial charge in [0, 0.05) is 26.2 Å². The fourth-order valence-electron chi connectivity index (χ4n) is 12.3. The Morgan fingerprint density at radius 2 is 1.26 bits per heavy atom. The lowest BCUT2D eigenvalue weighted by Crippen LogP contribution is -2.69. The summed E-state index contributed by atoms with van der Waals surface area (Å²) in [7, 11) is -7.86. The van der Waals surface area contributed by atoms with Crippen LogP contribution in [0.25, 0.3) is 0 Å². The van der Waals surface area contributed by atoms with Crippen LogP contribution >= 0.6 is 0 Å². The number of Topliss-reactive ketones (excluding diaryl/α,β-unsaturated/α-hetero) is 1. The van der Waals surface area contributed by atoms with Crippen LogP contribution in [0, 0.1) is 23.7 Å². The van der Waals surface area contributed by atoms with Gasteiger partial charge in [-0.25, -0.2) is 4.79 Å². The van der Waals surface area contributed by atoms with Gasteiger partial charge in [-0.1, -0.05) is 134 Å². The first-order chi connectivity index (χ1) is 39.3. The van der Waals surface area contributed by atoms with Crippen LogP contribution in [0.3, 0.4) is 0 Å². The van der Waals surface area contributed by atoms with Gasteiger partial charge >= 0.3 is 11.9 Å². The topological polar surface area (TPSA) is 155 Å². The molecule has 2 unspecified atom stereocenters. The molecule has 482 valence electrons. The number of carbonyl (C=O) groups excluding carboxylic acids is 3. The summed E-state index contributed by atoms with van der Waals surface area (Å²) in [4.78, 5) is 42.0. The molecule has 6 aliphatic rings. The largest absolute Gasteiger partial charge is 0.458 e. The maximum atomic E-state index is 15.0. The number of ether oxygens (including phenoxy) is 6. The predicted octanol–water partition coefficient (Wildman–Crippen LogP) is 15.6. The molecule has 4 fully saturated rings. The highest BCUT2D eigenvalue weighted by molar-refractivity contribution is 6.75. The molecule has 16 heteroatoms. The number of benzene rings is 1. The van der Waals surface area contributed by atoms with Gasteiger partial charge in [0.1, 0.15) is 42.4 Å². The van der Waals surface area contributed by atoms with Gasteiger partial charge in [-0.2, -0.15) is 0 Å². The highest BCUT2D eigenvalue weighted by Gasteiger charge is 2.58. The molecule has 1 aromatic carbocycles. The Bertz CT molecular complexity index is 2420. The van der Waals surface area contributed by atoms with Crippen molar-refractivity contribution in [1.82, 2.24) is 0 Å². The van der Waals surface area contributed by atoms with Crippen molar-refractivity contribution in [2.45, 2.75) is 320 Å². The Kier molecular flexibility index (Phi) is 24.5. The third-order valence-electron chi connectivity index (χ3n) is 21.2. The predicted molar refractivity (Wildman–Crippen MR) is 347 cm³/mol. The van der Waals surface area contributed by atoms with E-state index in [0.717, 1.165) is 24.0 Å². The van der Waals surface area contributed by atoms with Gasteiger partial charge in [0.05, 0.1) is 54.4 Å². The van der Waals surface area contributed by atoms with Gasteiger partial charge in [0.15, 0.2) is 25.0 Å². The maximum absolute atomic E-state index is 15.0. The number of ketones is 1. The summed E-state index contributed by atoms with van der Waals surface area (Å²) in [6.45, 7) is 53.0. The maximum Gasteiger partial charge on any atom is 0.338 e. The molecule has 7 rings (SSSR count). The lowest BCUT2D eigenvalue weighted by Gasteiger charge is -2.56. The van der Waals surface area contributed by atoms with Crippen molar-refractivity contribution >= 4 is 42.7 Å². The molecular weight excluding hydrogens is 1120 g/mol. The minimum Gasteiger partial charge on any atom is -0.458 e.